The number of nitrogens with one attached hydrogen (secondary N) is 1. The average Bonchev–Trinajstić information content (AvgIpc) is 2.83. The second-order valence-electron chi connectivity index (χ2n) is 4.55. The van der Waals surface area contributed by atoms with Gasteiger partial charge < -0.3 is 10.2 Å². The Morgan fingerprint density at radius 3 is 2.62 bits per heavy atom. The molecule has 16 heavy (non-hydrogen) atoms. The molecule has 1 amide bonds. The van der Waals surface area contributed by atoms with Crippen LogP contribution in [0.25, 0.3) is 0 Å². The van der Waals surface area contributed by atoms with Crippen molar-refractivity contribution in [1.29, 1.82) is 0 Å². The van der Waals surface area contributed by atoms with Crippen molar-refractivity contribution in [2.45, 2.75) is 6.42 Å². The summed E-state index contributed by atoms with van der Waals surface area (Å²) < 4.78 is 12.1. The van der Waals surface area contributed by atoms with E-state index in [-0.39, 0.29) is 18.5 Å². The fourth-order valence-electron chi connectivity index (χ4n) is 2.44. The first kappa shape index (κ1) is 11.8. The molecule has 2 fully saturated rings. The van der Waals surface area contributed by atoms with E-state index in [4.69, 9.17) is 0 Å². The predicted octanol–water partition coefficient (Wildman–Crippen LogP) is -0.290. The Hall–Kier alpha value is -0.680. The Morgan fingerprint density at radius 1 is 1.31 bits per heavy atom. The summed E-state index contributed by atoms with van der Waals surface area (Å²) in [6, 6.07) is 0. The molecule has 0 aliphatic carbocycles. The van der Waals surface area contributed by atoms with Crippen LogP contribution in [0.15, 0.2) is 0 Å². The minimum atomic E-state index is -0.291. The van der Waals surface area contributed by atoms with Gasteiger partial charge in [0.05, 0.1) is 5.92 Å². The van der Waals surface area contributed by atoms with E-state index in [1.807, 2.05) is 4.90 Å². The molecule has 1 atom stereocenters. The van der Waals surface area contributed by atoms with Crippen LogP contribution in [0.3, 0.4) is 0 Å². The molecule has 0 radical (unpaired) electrons. The van der Waals surface area contributed by atoms with Gasteiger partial charge in [-0.15, -0.1) is 0 Å². The van der Waals surface area contributed by atoms with E-state index >= 15 is 0 Å². The monoisotopic (exact) mass is 229 g/mol. The number of alkyl halides is 1. The molecule has 1 N–H and O–H groups in total. The lowest BCUT2D eigenvalue weighted by Crippen LogP contribution is -2.50. The van der Waals surface area contributed by atoms with Crippen LogP contribution in [0.2, 0.25) is 0 Å². The molecule has 0 spiro atoms. The number of carbonyl (C=O) groups is 1. The van der Waals surface area contributed by atoms with Crippen molar-refractivity contribution in [3.05, 3.63) is 0 Å². The SMILES string of the molecule is O=C([C@@H]1CCNC1)N1CCN(CCF)CC1. The molecule has 0 aromatic heterocycles. The Bertz CT molecular complexity index is 235. The van der Waals surface area contributed by atoms with E-state index in [0.717, 1.165) is 45.7 Å². The molecule has 0 aromatic rings. The van der Waals surface area contributed by atoms with E-state index < -0.39 is 0 Å². The van der Waals surface area contributed by atoms with Gasteiger partial charge in [-0.1, -0.05) is 0 Å². The molecule has 92 valence electrons. The predicted molar refractivity (Wildman–Crippen MR) is 60.0 cm³/mol. The number of piperazine rings is 1. The summed E-state index contributed by atoms with van der Waals surface area (Å²) in [5.74, 6) is 0.456. The lowest BCUT2D eigenvalue weighted by molar-refractivity contribution is -0.136. The Kier molecular flexibility index (Phi) is 4.12. The van der Waals surface area contributed by atoms with E-state index in [1.165, 1.54) is 0 Å². The van der Waals surface area contributed by atoms with Crippen LogP contribution in [0.4, 0.5) is 4.39 Å². The van der Waals surface area contributed by atoms with Crippen molar-refractivity contribution in [1.82, 2.24) is 15.1 Å². The highest BCUT2D eigenvalue weighted by atomic mass is 19.1. The third-order valence-electron chi connectivity index (χ3n) is 3.49. The zero-order valence-electron chi connectivity index (χ0n) is 9.62. The van der Waals surface area contributed by atoms with Crippen molar-refractivity contribution in [2.24, 2.45) is 5.92 Å². The number of nitrogens with zero attached hydrogens (tertiary/aromatic N) is 2. The maximum atomic E-state index is 12.1. The van der Waals surface area contributed by atoms with Gasteiger partial charge in [0.1, 0.15) is 6.67 Å². The number of hydrogen-bond acceptors (Lipinski definition) is 3. The number of rotatable bonds is 3. The lowest BCUT2D eigenvalue weighted by atomic mass is 10.1. The fourth-order valence-corrected chi connectivity index (χ4v) is 2.44. The van der Waals surface area contributed by atoms with Gasteiger partial charge in [-0.25, -0.2) is 4.39 Å². The van der Waals surface area contributed by atoms with Crippen molar-refractivity contribution < 1.29 is 9.18 Å². The first-order chi connectivity index (χ1) is 7.81. The molecule has 0 saturated carbocycles. The highest BCUT2D eigenvalue weighted by Crippen LogP contribution is 2.13. The quantitative estimate of drug-likeness (QED) is 0.722. The Balaban J connectivity index is 1.77. The summed E-state index contributed by atoms with van der Waals surface area (Å²) >= 11 is 0. The second-order valence-corrected chi connectivity index (χ2v) is 4.55. The van der Waals surface area contributed by atoms with Gasteiger partial charge in [0, 0.05) is 39.3 Å². The first-order valence-electron chi connectivity index (χ1n) is 6.09. The topological polar surface area (TPSA) is 35.6 Å². The van der Waals surface area contributed by atoms with E-state index in [2.05, 4.69) is 10.2 Å². The summed E-state index contributed by atoms with van der Waals surface area (Å²) in [6.07, 6.45) is 0.962. The second kappa shape index (κ2) is 5.59. The molecule has 0 unspecified atom stereocenters. The molecule has 2 saturated heterocycles. The largest absolute Gasteiger partial charge is 0.340 e. The third-order valence-corrected chi connectivity index (χ3v) is 3.49. The standard InChI is InChI=1S/C11H20FN3O/c12-2-4-14-5-7-15(8-6-14)11(16)10-1-3-13-9-10/h10,13H,1-9H2/t10-/m1/s1. The van der Waals surface area contributed by atoms with Gasteiger partial charge in [0.15, 0.2) is 0 Å². The lowest BCUT2D eigenvalue weighted by Gasteiger charge is -2.35. The van der Waals surface area contributed by atoms with Gasteiger partial charge in [0.25, 0.3) is 0 Å². The molecular formula is C11H20FN3O. The molecule has 2 aliphatic heterocycles. The summed E-state index contributed by atoms with van der Waals surface area (Å²) in [5, 5.41) is 3.21. The number of halogens is 1. The highest BCUT2D eigenvalue weighted by molar-refractivity contribution is 5.79. The molecule has 5 heteroatoms. The average molecular weight is 229 g/mol. The smallest absolute Gasteiger partial charge is 0.227 e. The van der Waals surface area contributed by atoms with Crippen LogP contribution >= 0.6 is 0 Å². The van der Waals surface area contributed by atoms with E-state index in [9.17, 15) is 9.18 Å². The summed E-state index contributed by atoms with van der Waals surface area (Å²) in [5.41, 5.74) is 0. The van der Waals surface area contributed by atoms with Gasteiger partial charge in [-0.05, 0) is 13.0 Å². The molecule has 2 rings (SSSR count). The maximum absolute atomic E-state index is 12.1. The van der Waals surface area contributed by atoms with Crippen molar-refractivity contribution in [2.75, 3.05) is 52.5 Å². The minimum Gasteiger partial charge on any atom is -0.340 e. The molecular weight excluding hydrogens is 209 g/mol. The van der Waals surface area contributed by atoms with Gasteiger partial charge >= 0.3 is 0 Å². The number of carbonyl (C=O) groups excluding carboxylic acids is 1. The zero-order chi connectivity index (χ0) is 11.4. The van der Waals surface area contributed by atoms with Gasteiger partial charge in [-0.2, -0.15) is 0 Å². The van der Waals surface area contributed by atoms with Crippen molar-refractivity contribution in [3.8, 4) is 0 Å². The minimum absolute atomic E-state index is 0.174. The summed E-state index contributed by atoms with van der Waals surface area (Å²) in [4.78, 5) is 16.1. The first-order valence-corrected chi connectivity index (χ1v) is 6.09. The van der Waals surface area contributed by atoms with Crippen molar-refractivity contribution in [3.63, 3.8) is 0 Å². The molecule has 2 heterocycles. The highest BCUT2D eigenvalue weighted by Gasteiger charge is 2.29. The van der Waals surface area contributed by atoms with Crippen LogP contribution in [-0.4, -0.2) is 68.2 Å². The Morgan fingerprint density at radius 2 is 2.06 bits per heavy atom. The summed E-state index contributed by atoms with van der Waals surface area (Å²) in [6.45, 7) is 5.14. The van der Waals surface area contributed by atoms with Crippen LogP contribution in [0.1, 0.15) is 6.42 Å². The van der Waals surface area contributed by atoms with Crippen molar-refractivity contribution >= 4 is 5.91 Å². The Labute approximate surface area is 95.8 Å². The molecule has 0 bridgehead atoms. The maximum Gasteiger partial charge on any atom is 0.227 e. The fraction of sp³-hybridized carbons (Fsp3) is 0.909. The molecule has 2 aliphatic rings. The normalized spacial score (nSPS) is 27.3. The van der Waals surface area contributed by atoms with Crippen LogP contribution < -0.4 is 5.32 Å². The van der Waals surface area contributed by atoms with Crippen LogP contribution in [0, 0.1) is 5.92 Å². The van der Waals surface area contributed by atoms with Gasteiger partial charge in [0.2, 0.25) is 5.91 Å². The third kappa shape index (κ3) is 2.71. The van der Waals surface area contributed by atoms with Crippen LogP contribution in [-0.2, 0) is 4.79 Å². The number of hydrogen-bond donors (Lipinski definition) is 1. The molecule has 0 aromatic carbocycles. The molecule has 4 nitrogen and oxygen atoms in total. The van der Waals surface area contributed by atoms with Gasteiger partial charge in [-0.3, -0.25) is 9.69 Å². The number of amides is 1. The van der Waals surface area contributed by atoms with E-state index in [1.54, 1.807) is 0 Å². The zero-order valence-corrected chi connectivity index (χ0v) is 9.62. The van der Waals surface area contributed by atoms with E-state index in [0.29, 0.717) is 6.54 Å². The van der Waals surface area contributed by atoms with Crippen LogP contribution in [0.5, 0.6) is 0 Å². The summed E-state index contributed by atoms with van der Waals surface area (Å²) in [7, 11) is 0.